The summed E-state index contributed by atoms with van der Waals surface area (Å²) in [5.41, 5.74) is 2.52. The Balaban J connectivity index is 1.57. The van der Waals surface area contributed by atoms with Gasteiger partial charge in [-0.05, 0) is 64.3 Å². The van der Waals surface area contributed by atoms with Crippen LogP contribution in [0.1, 0.15) is 49.8 Å². The lowest BCUT2D eigenvalue weighted by molar-refractivity contribution is 0.184. The van der Waals surface area contributed by atoms with Gasteiger partial charge in [-0.15, -0.1) is 0 Å². The minimum Gasteiger partial charge on any atom is -0.496 e. The van der Waals surface area contributed by atoms with E-state index in [1.54, 1.807) is 7.11 Å². The molecule has 0 amide bonds. The van der Waals surface area contributed by atoms with E-state index in [4.69, 9.17) is 4.74 Å². The summed E-state index contributed by atoms with van der Waals surface area (Å²) in [6.07, 6.45) is 5.40. The summed E-state index contributed by atoms with van der Waals surface area (Å²) in [6.45, 7) is 6.89. The summed E-state index contributed by atoms with van der Waals surface area (Å²) in [6, 6.07) is 8.40. The largest absolute Gasteiger partial charge is 0.496 e. The standard InChI is InChI=1S/C18H28N2O/c1-13-4-7-17(18(12-13)21-3)14(2)19-15-8-10-20(11-9-15)16-5-6-16/h4,7,12,14-16,19H,5-6,8-11H2,1-3H3. The van der Waals surface area contributed by atoms with Gasteiger partial charge in [-0.1, -0.05) is 12.1 Å². The molecule has 2 aliphatic rings. The molecule has 1 aromatic rings. The van der Waals surface area contributed by atoms with Crippen molar-refractivity contribution in [1.82, 2.24) is 10.2 Å². The monoisotopic (exact) mass is 288 g/mol. The van der Waals surface area contributed by atoms with Gasteiger partial charge in [0.1, 0.15) is 5.75 Å². The number of aryl methyl sites for hydroxylation is 1. The Bertz CT molecular complexity index is 476. The molecule has 2 fully saturated rings. The van der Waals surface area contributed by atoms with Crippen LogP contribution in [0.3, 0.4) is 0 Å². The number of piperidine rings is 1. The van der Waals surface area contributed by atoms with Crippen molar-refractivity contribution in [3.63, 3.8) is 0 Å². The maximum Gasteiger partial charge on any atom is 0.123 e. The molecule has 1 unspecified atom stereocenters. The molecule has 0 bridgehead atoms. The fraction of sp³-hybridized carbons (Fsp3) is 0.667. The van der Waals surface area contributed by atoms with Crippen LogP contribution in [0, 0.1) is 6.92 Å². The second-order valence-corrected chi connectivity index (χ2v) is 6.68. The van der Waals surface area contributed by atoms with Gasteiger partial charge in [0.2, 0.25) is 0 Å². The molecule has 1 atom stereocenters. The van der Waals surface area contributed by atoms with Gasteiger partial charge in [0.05, 0.1) is 7.11 Å². The number of ether oxygens (including phenoxy) is 1. The number of hydrogen-bond donors (Lipinski definition) is 1. The van der Waals surface area contributed by atoms with Crippen molar-refractivity contribution in [3.05, 3.63) is 29.3 Å². The van der Waals surface area contributed by atoms with Crippen LogP contribution < -0.4 is 10.1 Å². The zero-order chi connectivity index (χ0) is 14.8. The maximum atomic E-state index is 5.55. The van der Waals surface area contributed by atoms with Gasteiger partial charge < -0.3 is 15.0 Å². The summed E-state index contributed by atoms with van der Waals surface area (Å²) < 4.78 is 5.55. The van der Waals surface area contributed by atoms with Gasteiger partial charge in [0.25, 0.3) is 0 Å². The first-order chi connectivity index (χ1) is 10.2. The van der Waals surface area contributed by atoms with Crippen LogP contribution in [0.5, 0.6) is 5.75 Å². The Morgan fingerprint density at radius 1 is 1.19 bits per heavy atom. The highest BCUT2D eigenvalue weighted by atomic mass is 16.5. The molecule has 116 valence electrons. The third-order valence-corrected chi connectivity index (χ3v) is 4.93. The van der Waals surface area contributed by atoms with Crippen LogP contribution in [0.4, 0.5) is 0 Å². The molecule has 0 radical (unpaired) electrons. The average molecular weight is 288 g/mol. The number of likely N-dealkylation sites (tertiary alicyclic amines) is 1. The van der Waals surface area contributed by atoms with E-state index >= 15 is 0 Å². The molecule has 0 aromatic heterocycles. The van der Waals surface area contributed by atoms with Crippen LogP contribution in [0.25, 0.3) is 0 Å². The Morgan fingerprint density at radius 2 is 1.90 bits per heavy atom. The first-order valence-electron chi connectivity index (χ1n) is 8.32. The molecule has 21 heavy (non-hydrogen) atoms. The predicted molar refractivity (Wildman–Crippen MR) is 86.9 cm³/mol. The summed E-state index contributed by atoms with van der Waals surface area (Å²) in [4.78, 5) is 2.68. The molecule has 1 N–H and O–H groups in total. The summed E-state index contributed by atoms with van der Waals surface area (Å²) >= 11 is 0. The molecule has 1 aliphatic heterocycles. The second kappa shape index (κ2) is 6.37. The minimum absolute atomic E-state index is 0.345. The number of nitrogens with one attached hydrogen (secondary N) is 1. The van der Waals surface area contributed by atoms with Gasteiger partial charge >= 0.3 is 0 Å². The number of rotatable bonds is 5. The zero-order valence-electron chi connectivity index (χ0n) is 13.6. The summed E-state index contributed by atoms with van der Waals surface area (Å²) in [5.74, 6) is 1.01. The Morgan fingerprint density at radius 3 is 2.52 bits per heavy atom. The van der Waals surface area contributed by atoms with Gasteiger partial charge in [0.15, 0.2) is 0 Å². The average Bonchev–Trinajstić information content (AvgIpc) is 3.32. The van der Waals surface area contributed by atoms with E-state index in [1.807, 2.05) is 0 Å². The highest BCUT2D eigenvalue weighted by molar-refractivity contribution is 5.39. The highest BCUT2D eigenvalue weighted by Crippen LogP contribution is 2.31. The SMILES string of the molecule is COc1cc(C)ccc1C(C)NC1CCN(C2CC2)CC1. The number of benzene rings is 1. The van der Waals surface area contributed by atoms with Crippen LogP contribution >= 0.6 is 0 Å². The maximum absolute atomic E-state index is 5.55. The lowest BCUT2D eigenvalue weighted by Gasteiger charge is -2.34. The molecule has 1 saturated carbocycles. The van der Waals surface area contributed by atoms with Crippen molar-refractivity contribution in [1.29, 1.82) is 0 Å². The van der Waals surface area contributed by atoms with Crippen LogP contribution in [-0.4, -0.2) is 37.2 Å². The zero-order valence-corrected chi connectivity index (χ0v) is 13.6. The fourth-order valence-electron chi connectivity index (χ4n) is 3.49. The van der Waals surface area contributed by atoms with E-state index in [2.05, 4.69) is 42.3 Å². The summed E-state index contributed by atoms with van der Waals surface area (Å²) in [5, 5.41) is 3.80. The van der Waals surface area contributed by atoms with Crippen LogP contribution in [0.2, 0.25) is 0 Å². The fourth-order valence-corrected chi connectivity index (χ4v) is 3.49. The third kappa shape index (κ3) is 3.58. The smallest absolute Gasteiger partial charge is 0.123 e. The normalized spacial score (nSPS) is 22.2. The van der Waals surface area contributed by atoms with E-state index in [0.29, 0.717) is 12.1 Å². The van der Waals surface area contributed by atoms with Crippen LogP contribution in [-0.2, 0) is 0 Å². The molecule has 3 rings (SSSR count). The van der Waals surface area contributed by atoms with Crippen molar-refractivity contribution >= 4 is 0 Å². The highest BCUT2D eigenvalue weighted by Gasteiger charge is 2.32. The van der Waals surface area contributed by atoms with E-state index < -0.39 is 0 Å². The van der Waals surface area contributed by atoms with Crippen molar-refractivity contribution in [3.8, 4) is 5.75 Å². The molecule has 1 aromatic carbocycles. The first kappa shape index (κ1) is 14.9. The lowest BCUT2D eigenvalue weighted by Crippen LogP contribution is -2.44. The van der Waals surface area contributed by atoms with Crippen molar-refractivity contribution in [2.45, 2.75) is 57.7 Å². The number of nitrogens with zero attached hydrogens (tertiary/aromatic N) is 1. The van der Waals surface area contributed by atoms with Crippen molar-refractivity contribution in [2.24, 2.45) is 0 Å². The van der Waals surface area contributed by atoms with Crippen molar-refractivity contribution in [2.75, 3.05) is 20.2 Å². The third-order valence-electron chi connectivity index (χ3n) is 4.93. The van der Waals surface area contributed by atoms with Crippen molar-refractivity contribution < 1.29 is 4.74 Å². The van der Waals surface area contributed by atoms with Gasteiger partial charge in [-0.25, -0.2) is 0 Å². The van der Waals surface area contributed by atoms with E-state index in [9.17, 15) is 0 Å². The topological polar surface area (TPSA) is 24.5 Å². The Kier molecular flexibility index (Phi) is 4.51. The van der Waals surface area contributed by atoms with Gasteiger partial charge in [0, 0.05) is 23.7 Å². The molecule has 1 saturated heterocycles. The van der Waals surface area contributed by atoms with Crippen LogP contribution in [0.15, 0.2) is 18.2 Å². The summed E-state index contributed by atoms with van der Waals surface area (Å²) in [7, 11) is 1.76. The second-order valence-electron chi connectivity index (χ2n) is 6.68. The first-order valence-corrected chi connectivity index (χ1v) is 8.32. The molecule has 3 heteroatoms. The quantitative estimate of drug-likeness (QED) is 0.900. The lowest BCUT2D eigenvalue weighted by atomic mass is 10.00. The molecular weight excluding hydrogens is 260 g/mol. The van der Waals surface area contributed by atoms with Gasteiger partial charge in [-0.3, -0.25) is 0 Å². The molecular formula is C18H28N2O. The molecule has 1 heterocycles. The van der Waals surface area contributed by atoms with E-state index in [0.717, 1.165) is 11.8 Å². The molecule has 1 aliphatic carbocycles. The molecule has 0 spiro atoms. The van der Waals surface area contributed by atoms with E-state index in [1.165, 1.54) is 49.9 Å². The Hall–Kier alpha value is -1.06. The Labute approximate surface area is 128 Å². The number of hydrogen-bond acceptors (Lipinski definition) is 3. The van der Waals surface area contributed by atoms with Gasteiger partial charge in [-0.2, -0.15) is 0 Å². The minimum atomic E-state index is 0.345. The number of methoxy groups -OCH3 is 1. The predicted octanol–water partition coefficient (Wildman–Crippen LogP) is 3.28. The van der Waals surface area contributed by atoms with E-state index in [-0.39, 0.29) is 0 Å². The molecule has 3 nitrogen and oxygen atoms in total.